The zero-order valence-corrected chi connectivity index (χ0v) is 15.1. The summed E-state index contributed by atoms with van der Waals surface area (Å²) >= 11 is 2.20. The Kier molecular flexibility index (Phi) is 4.89. The van der Waals surface area contributed by atoms with Gasteiger partial charge in [0.25, 0.3) is 0 Å². The van der Waals surface area contributed by atoms with E-state index in [1.54, 1.807) is 37.3 Å². The highest BCUT2D eigenvalue weighted by atomic mass is 127. The standard InChI is InChI=1S/C19H14INO3/c1-2-24-19(23)17-15(18(22)12-6-4-3-5-7-12)11-13-10-14(20)8-9-16(13)21-17/h3-11H,2H2,1H3. The summed E-state index contributed by atoms with van der Waals surface area (Å²) in [5.74, 6) is -0.829. The van der Waals surface area contributed by atoms with Gasteiger partial charge in [0.15, 0.2) is 11.5 Å². The maximum Gasteiger partial charge on any atom is 0.357 e. The van der Waals surface area contributed by atoms with Crippen LogP contribution in [-0.4, -0.2) is 23.3 Å². The molecule has 0 saturated carbocycles. The molecule has 1 aromatic heterocycles. The van der Waals surface area contributed by atoms with E-state index in [1.165, 1.54) is 0 Å². The third-order valence-corrected chi connectivity index (χ3v) is 4.20. The van der Waals surface area contributed by atoms with E-state index in [9.17, 15) is 9.59 Å². The highest BCUT2D eigenvalue weighted by Crippen LogP contribution is 2.22. The summed E-state index contributed by atoms with van der Waals surface area (Å²) in [6, 6.07) is 16.2. The predicted octanol–water partition coefficient (Wildman–Crippen LogP) is 4.25. The summed E-state index contributed by atoms with van der Waals surface area (Å²) in [4.78, 5) is 29.5. The minimum atomic E-state index is -0.586. The average Bonchev–Trinajstić information content (AvgIpc) is 2.61. The summed E-state index contributed by atoms with van der Waals surface area (Å²) < 4.78 is 6.10. The zero-order valence-electron chi connectivity index (χ0n) is 13.0. The quantitative estimate of drug-likeness (QED) is 0.352. The minimum absolute atomic E-state index is 0.0550. The van der Waals surface area contributed by atoms with Gasteiger partial charge in [-0.1, -0.05) is 30.3 Å². The van der Waals surface area contributed by atoms with Gasteiger partial charge in [-0.25, -0.2) is 9.78 Å². The van der Waals surface area contributed by atoms with Crippen LogP contribution in [-0.2, 0) is 4.74 Å². The summed E-state index contributed by atoms with van der Waals surface area (Å²) in [7, 11) is 0. The van der Waals surface area contributed by atoms with Gasteiger partial charge in [-0.05, 0) is 53.8 Å². The van der Waals surface area contributed by atoms with Crippen LogP contribution in [0.1, 0.15) is 33.3 Å². The molecule has 0 saturated heterocycles. The molecule has 0 fully saturated rings. The molecule has 0 aliphatic rings. The average molecular weight is 431 g/mol. The fraction of sp³-hybridized carbons (Fsp3) is 0.105. The number of ketones is 1. The smallest absolute Gasteiger partial charge is 0.357 e. The van der Waals surface area contributed by atoms with Gasteiger partial charge in [0, 0.05) is 14.5 Å². The zero-order chi connectivity index (χ0) is 17.1. The number of halogens is 1. The maximum atomic E-state index is 12.9. The summed E-state index contributed by atoms with van der Waals surface area (Å²) in [5.41, 5.74) is 1.48. The van der Waals surface area contributed by atoms with Crippen molar-refractivity contribution >= 4 is 45.2 Å². The number of hydrogen-bond donors (Lipinski definition) is 0. The van der Waals surface area contributed by atoms with E-state index < -0.39 is 5.97 Å². The van der Waals surface area contributed by atoms with Gasteiger partial charge >= 0.3 is 5.97 Å². The Bertz CT molecular complexity index is 923. The molecule has 2 aromatic carbocycles. The molecule has 0 bridgehead atoms. The molecule has 4 nitrogen and oxygen atoms in total. The van der Waals surface area contributed by atoms with Gasteiger partial charge in [0.1, 0.15) is 0 Å². The van der Waals surface area contributed by atoms with Gasteiger partial charge in [-0.2, -0.15) is 0 Å². The first-order valence-corrected chi connectivity index (χ1v) is 8.55. The maximum absolute atomic E-state index is 12.9. The Morgan fingerprint density at radius 1 is 1.08 bits per heavy atom. The Balaban J connectivity index is 2.20. The Labute approximate surface area is 153 Å². The van der Waals surface area contributed by atoms with Crippen LogP contribution in [0.3, 0.4) is 0 Å². The molecular weight excluding hydrogens is 417 g/mol. The molecule has 120 valence electrons. The van der Waals surface area contributed by atoms with E-state index in [4.69, 9.17) is 4.74 Å². The molecule has 5 heteroatoms. The normalized spacial score (nSPS) is 10.6. The number of rotatable bonds is 4. The largest absolute Gasteiger partial charge is 0.461 e. The van der Waals surface area contributed by atoms with Crippen molar-refractivity contribution in [2.45, 2.75) is 6.92 Å². The first-order valence-electron chi connectivity index (χ1n) is 7.47. The molecule has 0 N–H and O–H groups in total. The van der Waals surface area contributed by atoms with Gasteiger partial charge in [-0.15, -0.1) is 0 Å². The van der Waals surface area contributed by atoms with Crippen molar-refractivity contribution < 1.29 is 14.3 Å². The van der Waals surface area contributed by atoms with Crippen molar-refractivity contribution in [3.05, 3.63) is 75.0 Å². The third kappa shape index (κ3) is 3.31. The predicted molar refractivity (Wildman–Crippen MR) is 100 cm³/mol. The minimum Gasteiger partial charge on any atom is -0.461 e. The van der Waals surface area contributed by atoms with Crippen LogP contribution < -0.4 is 0 Å². The van der Waals surface area contributed by atoms with Gasteiger partial charge in [0.2, 0.25) is 0 Å². The van der Waals surface area contributed by atoms with Crippen LogP contribution in [0.4, 0.5) is 0 Å². The Hall–Kier alpha value is -2.28. The van der Waals surface area contributed by atoms with Crippen molar-refractivity contribution in [1.29, 1.82) is 0 Å². The lowest BCUT2D eigenvalue weighted by Gasteiger charge is -2.10. The number of ether oxygens (including phenoxy) is 1. The molecule has 0 amide bonds. The van der Waals surface area contributed by atoms with Crippen molar-refractivity contribution in [1.82, 2.24) is 4.98 Å². The van der Waals surface area contributed by atoms with E-state index in [0.29, 0.717) is 11.1 Å². The lowest BCUT2D eigenvalue weighted by molar-refractivity contribution is 0.0517. The van der Waals surface area contributed by atoms with E-state index in [0.717, 1.165) is 8.96 Å². The number of hydrogen-bond acceptors (Lipinski definition) is 4. The van der Waals surface area contributed by atoms with Crippen LogP contribution in [0, 0.1) is 3.57 Å². The highest BCUT2D eigenvalue weighted by molar-refractivity contribution is 14.1. The number of aromatic nitrogens is 1. The Morgan fingerprint density at radius 2 is 1.83 bits per heavy atom. The van der Waals surface area contributed by atoms with E-state index in [2.05, 4.69) is 27.6 Å². The molecular formula is C19H14INO3. The molecule has 0 atom stereocenters. The number of carbonyl (C=O) groups is 2. The summed E-state index contributed by atoms with van der Waals surface area (Å²) in [6.07, 6.45) is 0. The van der Waals surface area contributed by atoms with Crippen molar-refractivity contribution in [3.8, 4) is 0 Å². The third-order valence-electron chi connectivity index (χ3n) is 3.53. The second-order valence-electron chi connectivity index (χ2n) is 5.14. The van der Waals surface area contributed by atoms with E-state index in [-0.39, 0.29) is 23.6 Å². The summed E-state index contributed by atoms with van der Waals surface area (Å²) in [6.45, 7) is 1.95. The summed E-state index contributed by atoms with van der Waals surface area (Å²) in [5, 5.41) is 0.814. The van der Waals surface area contributed by atoms with Crippen molar-refractivity contribution in [2.75, 3.05) is 6.61 Å². The van der Waals surface area contributed by atoms with Crippen molar-refractivity contribution in [3.63, 3.8) is 0 Å². The van der Waals surface area contributed by atoms with Gasteiger partial charge in [-0.3, -0.25) is 4.79 Å². The second kappa shape index (κ2) is 7.09. The molecule has 3 rings (SSSR count). The fourth-order valence-corrected chi connectivity index (χ4v) is 2.94. The molecule has 0 unspecified atom stereocenters. The first-order chi connectivity index (χ1) is 11.6. The van der Waals surface area contributed by atoms with Crippen LogP contribution in [0.15, 0.2) is 54.6 Å². The first kappa shape index (κ1) is 16.6. The molecule has 0 aliphatic carbocycles. The monoisotopic (exact) mass is 431 g/mol. The van der Waals surface area contributed by atoms with Crippen LogP contribution in [0.25, 0.3) is 10.9 Å². The molecule has 0 spiro atoms. The molecule has 0 aliphatic heterocycles. The number of esters is 1. The van der Waals surface area contributed by atoms with E-state index in [1.807, 2.05) is 24.3 Å². The van der Waals surface area contributed by atoms with Crippen LogP contribution in [0.2, 0.25) is 0 Å². The molecule has 1 heterocycles. The number of fused-ring (bicyclic) bond motifs is 1. The number of benzene rings is 2. The van der Waals surface area contributed by atoms with Gasteiger partial charge < -0.3 is 4.74 Å². The van der Waals surface area contributed by atoms with Crippen LogP contribution in [0.5, 0.6) is 0 Å². The second-order valence-corrected chi connectivity index (χ2v) is 6.38. The van der Waals surface area contributed by atoms with Crippen molar-refractivity contribution in [2.24, 2.45) is 0 Å². The molecule has 24 heavy (non-hydrogen) atoms. The molecule has 3 aromatic rings. The lowest BCUT2D eigenvalue weighted by Crippen LogP contribution is -2.15. The van der Waals surface area contributed by atoms with Gasteiger partial charge in [0.05, 0.1) is 17.7 Å². The number of carbonyl (C=O) groups excluding carboxylic acids is 2. The Morgan fingerprint density at radius 3 is 2.54 bits per heavy atom. The number of nitrogens with zero attached hydrogens (tertiary/aromatic N) is 1. The van der Waals surface area contributed by atoms with Crippen LogP contribution >= 0.6 is 22.6 Å². The molecule has 0 radical (unpaired) electrons. The SMILES string of the molecule is CCOC(=O)c1nc2ccc(I)cc2cc1C(=O)c1ccccc1. The number of pyridine rings is 1. The highest BCUT2D eigenvalue weighted by Gasteiger charge is 2.22. The van der Waals surface area contributed by atoms with E-state index >= 15 is 0 Å². The topological polar surface area (TPSA) is 56.3 Å². The lowest BCUT2D eigenvalue weighted by atomic mass is 10.00. The fourth-order valence-electron chi connectivity index (χ4n) is 2.42.